The van der Waals surface area contributed by atoms with Gasteiger partial charge >= 0.3 is 0 Å². The maximum atomic E-state index is 12.3. The maximum Gasteiger partial charge on any atom is 0.219 e. The number of aromatic nitrogens is 3. The molecular weight excluding hydrogens is 436 g/mol. The fourth-order valence-electron chi connectivity index (χ4n) is 3.86. The SMILES string of the molecule is COCC(O)CN1C=Cc2cc(-c3cnc(N)nc3)nc(Nc3ccccc3OC)c2C1C=O. The summed E-state index contributed by atoms with van der Waals surface area (Å²) >= 11 is 0. The quantitative estimate of drug-likeness (QED) is 0.407. The van der Waals surface area contributed by atoms with Crippen molar-refractivity contribution in [2.45, 2.75) is 12.1 Å². The Labute approximate surface area is 197 Å². The molecule has 176 valence electrons. The van der Waals surface area contributed by atoms with Crippen LogP contribution in [0.5, 0.6) is 5.75 Å². The van der Waals surface area contributed by atoms with Crippen molar-refractivity contribution in [3.63, 3.8) is 0 Å². The van der Waals surface area contributed by atoms with E-state index in [0.29, 0.717) is 34.1 Å². The molecule has 0 radical (unpaired) electrons. The summed E-state index contributed by atoms with van der Waals surface area (Å²) in [6.07, 6.45) is 6.94. The van der Waals surface area contributed by atoms with E-state index in [4.69, 9.17) is 20.2 Å². The first-order chi connectivity index (χ1) is 16.5. The molecule has 1 aliphatic rings. The maximum absolute atomic E-state index is 12.3. The van der Waals surface area contributed by atoms with E-state index in [-0.39, 0.29) is 19.1 Å². The highest BCUT2D eigenvalue weighted by atomic mass is 16.5. The fraction of sp³-hybridized carbons (Fsp3) is 0.250. The first-order valence-electron chi connectivity index (χ1n) is 10.6. The summed E-state index contributed by atoms with van der Waals surface area (Å²) in [5, 5.41) is 13.6. The number of nitrogens with two attached hydrogens (primary N) is 1. The minimum atomic E-state index is -0.761. The zero-order valence-corrected chi connectivity index (χ0v) is 18.9. The van der Waals surface area contributed by atoms with Crippen molar-refractivity contribution in [1.82, 2.24) is 19.9 Å². The lowest BCUT2D eigenvalue weighted by atomic mass is 9.95. The Balaban J connectivity index is 1.82. The van der Waals surface area contributed by atoms with E-state index in [0.717, 1.165) is 11.8 Å². The molecule has 1 aromatic carbocycles. The smallest absolute Gasteiger partial charge is 0.219 e. The van der Waals surface area contributed by atoms with E-state index >= 15 is 0 Å². The number of aliphatic hydroxyl groups is 1. The molecule has 2 atom stereocenters. The number of rotatable bonds is 9. The van der Waals surface area contributed by atoms with Crippen molar-refractivity contribution < 1.29 is 19.4 Å². The molecule has 10 heteroatoms. The third-order valence-corrected chi connectivity index (χ3v) is 5.43. The van der Waals surface area contributed by atoms with Crippen LogP contribution in [0.4, 0.5) is 17.5 Å². The van der Waals surface area contributed by atoms with Gasteiger partial charge < -0.3 is 35.3 Å². The van der Waals surface area contributed by atoms with Crippen LogP contribution >= 0.6 is 0 Å². The second-order valence-corrected chi connectivity index (χ2v) is 7.72. The molecule has 2 unspecified atom stereocenters. The summed E-state index contributed by atoms with van der Waals surface area (Å²) < 4.78 is 10.5. The van der Waals surface area contributed by atoms with Gasteiger partial charge in [-0.25, -0.2) is 15.0 Å². The van der Waals surface area contributed by atoms with Crippen molar-refractivity contribution >= 4 is 29.8 Å². The Morgan fingerprint density at radius 2 is 2.03 bits per heavy atom. The second kappa shape index (κ2) is 10.3. The van der Waals surface area contributed by atoms with Gasteiger partial charge in [-0.15, -0.1) is 0 Å². The number of hydrogen-bond acceptors (Lipinski definition) is 10. The van der Waals surface area contributed by atoms with Crippen LogP contribution < -0.4 is 15.8 Å². The van der Waals surface area contributed by atoms with Gasteiger partial charge in [-0.05, 0) is 29.8 Å². The molecule has 0 amide bonds. The van der Waals surface area contributed by atoms with Gasteiger partial charge in [0.1, 0.15) is 23.9 Å². The number of benzene rings is 1. The van der Waals surface area contributed by atoms with Crippen LogP contribution in [0.2, 0.25) is 0 Å². The molecule has 0 aliphatic carbocycles. The van der Waals surface area contributed by atoms with Gasteiger partial charge in [0.25, 0.3) is 0 Å². The molecule has 4 N–H and O–H groups in total. The molecule has 2 aromatic heterocycles. The Hall–Kier alpha value is -4.02. The van der Waals surface area contributed by atoms with Crippen molar-refractivity contribution in [3.05, 3.63) is 60.1 Å². The van der Waals surface area contributed by atoms with Crippen LogP contribution in [-0.2, 0) is 9.53 Å². The molecule has 0 bridgehead atoms. The minimum absolute atomic E-state index is 0.156. The number of nitrogens with one attached hydrogen (secondary N) is 1. The molecule has 0 saturated heterocycles. The van der Waals surface area contributed by atoms with Crippen molar-refractivity contribution in [3.8, 4) is 17.0 Å². The number of methoxy groups -OCH3 is 2. The number of β-amino-alcohol motifs (C(OH)–C–C–N with tert-alkyl or cyclic N) is 1. The number of hydrogen-bond donors (Lipinski definition) is 3. The average Bonchev–Trinajstić information content (AvgIpc) is 2.85. The highest BCUT2D eigenvalue weighted by molar-refractivity contribution is 5.80. The Kier molecular flexibility index (Phi) is 7.00. The zero-order valence-electron chi connectivity index (χ0n) is 18.9. The molecule has 0 saturated carbocycles. The Morgan fingerprint density at radius 3 is 2.74 bits per heavy atom. The van der Waals surface area contributed by atoms with Crippen LogP contribution in [0.15, 0.2) is 48.9 Å². The van der Waals surface area contributed by atoms with Crippen molar-refractivity contribution in [2.24, 2.45) is 0 Å². The topological polar surface area (TPSA) is 136 Å². The molecular formula is C24H26N6O4. The van der Waals surface area contributed by atoms with Crippen molar-refractivity contribution in [1.29, 1.82) is 0 Å². The number of fused-ring (bicyclic) bond motifs is 1. The molecule has 0 spiro atoms. The van der Waals surface area contributed by atoms with Crippen LogP contribution in [0, 0.1) is 0 Å². The van der Waals surface area contributed by atoms with Gasteiger partial charge in [-0.2, -0.15) is 0 Å². The van der Waals surface area contributed by atoms with Crippen LogP contribution in [-0.4, -0.2) is 64.7 Å². The first-order valence-corrected chi connectivity index (χ1v) is 10.6. The number of carbonyl (C=O) groups is 1. The van der Waals surface area contributed by atoms with Gasteiger partial charge in [0.15, 0.2) is 0 Å². The molecule has 3 heterocycles. The predicted molar refractivity (Wildman–Crippen MR) is 128 cm³/mol. The summed E-state index contributed by atoms with van der Waals surface area (Å²) in [4.78, 5) is 27.0. The number of nitrogens with zero attached hydrogens (tertiary/aromatic N) is 4. The summed E-state index contributed by atoms with van der Waals surface area (Å²) in [7, 11) is 3.10. The molecule has 0 fully saturated rings. The van der Waals surface area contributed by atoms with Gasteiger partial charge in [0, 0.05) is 43.4 Å². The van der Waals surface area contributed by atoms with E-state index in [9.17, 15) is 9.90 Å². The Morgan fingerprint density at radius 1 is 1.26 bits per heavy atom. The van der Waals surface area contributed by atoms with Crippen LogP contribution in [0.25, 0.3) is 17.3 Å². The van der Waals surface area contributed by atoms with E-state index in [1.807, 2.05) is 36.4 Å². The lowest BCUT2D eigenvalue weighted by Gasteiger charge is -2.34. The normalized spacial score (nSPS) is 15.5. The minimum Gasteiger partial charge on any atom is -0.495 e. The third kappa shape index (κ3) is 4.82. The number of aliphatic hydroxyl groups excluding tert-OH is 1. The zero-order chi connectivity index (χ0) is 24.1. The standard InChI is InChI=1S/C24H26N6O4/c1-33-14-17(32)12-30-8-7-15-9-19(16-10-26-24(25)27-11-16)29-23(22(15)20(30)13-31)28-18-5-3-4-6-21(18)34-2/h3-11,13,17,20,32H,12,14H2,1-2H3,(H,28,29)(H2,25,26,27). The monoisotopic (exact) mass is 462 g/mol. The van der Waals surface area contributed by atoms with Crippen LogP contribution in [0.1, 0.15) is 17.2 Å². The highest BCUT2D eigenvalue weighted by Crippen LogP contribution is 2.38. The number of anilines is 3. The van der Waals surface area contributed by atoms with E-state index in [1.165, 1.54) is 7.11 Å². The summed E-state index contributed by atoms with van der Waals surface area (Å²) in [6.45, 7) is 0.373. The van der Waals surface area contributed by atoms with Crippen molar-refractivity contribution in [2.75, 3.05) is 38.4 Å². The van der Waals surface area contributed by atoms with Gasteiger partial charge in [-0.3, -0.25) is 0 Å². The number of para-hydroxylation sites is 2. The molecule has 3 aromatic rings. The molecule has 10 nitrogen and oxygen atoms in total. The lowest BCUT2D eigenvalue weighted by Crippen LogP contribution is -2.36. The number of carbonyl (C=O) groups excluding carboxylic acids is 1. The second-order valence-electron chi connectivity index (χ2n) is 7.72. The third-order valence-electron chi connectivity index (χ3n) is 5.43. The Bertz CT molecular complexity index is 1180. The number of pyridine rings is 1. The fourth-order valence-corrected chi connectivity index (χ4v) is 3.86. The molecule has 1 aliphatic heterocycles. The van der Waals surface area contributed by atoms with Gasteiger partial charge in [-0.1, -0.05) is 12.1 Å². The van der Waals surface area contributed by atoms with Gasteiger partial charge in [0.05, 0.1) is 31.2 Å². The molecule has 34 heavy (non-hydrogen) atoms. The number of aldehydes is 1. The molecule has 4 rings (SSSR count). The summed E-state index contributed by atoms with van der Waals surface area (Å²) in [5.74, 6) is 1.27. The van der Waals surface area contributed by atoms with Gasteiger partial charge in [0.2, 0.25) is 5.95 Å². The van der Waals surface area contributed by atoms with Crippen LogP contribution in [0.3, 0.4) is 0 Å². The number of ether oxygens (including phenoxy) is 2. The predicted octanol–water partition coefficient (Wildman–Crippen LogP) is 2.41. The first kappa shape index (κ1) is 23.1. The highest BCUT2D eigenvalue weighted by Gasteiger charge is 2.29. The summed E-state index contributed by atoms with van der Waals surface area (Å²) in [6, 6.07) is 8.63. The largest absolute Gasteiger partial charge is 0.495 e. The lowest BCUT2D eigenvalue weighted by molar-refractivity contribution is -0.112. The average molecular weight is 463 g/mol. The van der Waals surface area contributed by atoms with E-state index in [2.05, 4.69) is 15.3 Å². The number of nitrogen functional groups attached to an aromatic ring is 1. The van der Waals surface area contributed by atoms with E-state index in [1.54, 1.807) is 30.6 Å². The van der Waals surface area contributed by atoms with E-state index < -0.39 is 12.1 Å². The summed E-state index contributed by atoms with van der Waals surface area (Å²) in [5.41, 5.74) is 9.09.